The minimum Gasteiger partial charge on any atom is -0.462 e. The third-order valence-electron chi connectivity index (χ3n) is 2.85. The third kappa shape index (κ3) is 3.40. The first-order chi connectivity index (χ1) is 10.2. The van der Waals surface area contributed by atoms with Crippen LogP contribution in [0.15, 0.2) is 59.4 Å². The second-order valence-electron chi connectivity index (χ2n) is 4.39. The van der Waals surface area contributed by atoms with Gasteiger partial charge < -0.3 is 9.47 Å². The molecule has 1 aliphatic rings. The van der Waals surface area contributed by atoms with Gasteiger partial charge in [-0.2, -0.15) is 5.26 Å². The third-order valence-corrected chi connectivity index (χ3v) is 2.85. The number of nitrogens with zero attached hydrogens (tertiary/aromatic N) is 1. The van der Waals surface area contributed by atoms with Crippen LogP contribution in [0.2, 0.25) is 0 Å². The van der Waals surface area contributed by atoms with Crippen molar-refractivity contribution in [1.29, 1.82) is 5.26 Å². The van der Waals surface area contributed by atoms with Crippen LogP contribution in [0.3, 0.4) is 0 Å². The molecule has 4 heteroatoms. The Labute approximate surface area is 123 Å². The Morgan fingerprint density at radius 2 is 2.00 bits per heavy atom. The maximum absolute atomic E-state index is 11.8. The van der Waals surface area contributed by atoms with E-state index in [0.29, 0.717) is 17.1 Å². The van der Waals surface area contributed by atoms with E-state index >= 15 is 0 Å². The normalized spacial score (nSPS) is 16.0. The number of esters is 1. The second-order valence-corrected chi connectivity index (χ2v) is 4.39. The second kappa shape index (κ2) is 6.58. The average Bonchev–Trinajstić information content (AvgIpc) is 2.48. The lowest BCUT2D eigenvalue weighted by molar-refractivity contribution is -0.138. The van der Waals surface area contributed by atoms with Gasteiger partial charge in [-0.15, -0.1) is 0 Å². The van der Waals surface area contributed by atoms with Gasteiger partial charge in [-0.05, 0) is 26.0 Å². The van der Waals surface area contributed by atoms with Crippen LogP contribution in [0.25, 0.3) is 5.76 Å². The Bertz CT molecular complexity index is 676. The Balaban J connectivity index is 2.47. The number of allylic oxidation sites excluding steroid dienone is 4. The van der Waals surface area contributed by atoms with Gasteiger partial charge in [0.1, 0.15) is 23.2 Å². The predicted octanol–water partition coefficient (Wildman–Crippen LogP) is 3.34. The van der Waals surface area contributed by atoms with Gasteiger partial charge in [0.15, 0.2) is 0 Å². The van der Waals surface area contributed by atoms with E-state index in [-0.39, 0.29) is 12.2 Å². The van der Waals surface area contributed by atoms with Gasteiger partial charge in [0.2, 0.25) is 0 Å². The molecular formula is C17H15NO3. The zero-order chi connectivity index (χ0) is 15.2. The summed E-state index contributed by atoms with van der Waals surface area (Å²) in [7, 11) is 0. The number of hydrogen-bond acceptors (Lipinski definition) is 4. The van der Waals surface area contributed by atoms with Crippen molar-refractivity contribution < 1.29 is 14.3 Å². The van der Waals surface area contributed by atoms with Gasteiger partial charge >= 0.3 is 5.97 Å². The summed E-state index contributed by atoms with van der Waals surface area (Å²) < 4.78 is 10.6. The molecule has 0 radical (unpaired) electrons. The molecule has 1 aromatic carbocycles. The first kappa shape index (κ1) is 14.6. The van der Waals surface area contributed by atoms with Crippen LogP contribution in [-0.2, 0) is 14.3 Å². The lowest BCUT2D eigenvalue weighted by Crippen LogP contribution is -2.09. The van der Waals surface area contributed by atoms with Crippen molar-refractivity contribution >= 4 is 11.7 Å². The predicted molar refractivity (Wildman–Crippen MR) is 78.5 cm³/mol. The van der Waals surface area contributed by atoms with Crippen LogP contribution in [-0.4, -0.2) is 12.6 Å². The van der Waals surface area contributed by atoms with Crippen LogP contribution in [0, 0.1) is 11.3 Å². The fourth-order valence-electron chi connectivity index (χ4n) is 1.95. The molecule has 0 saturated carbocycles. The van der Waals surface area contributed by atoms with E-state index in [1.165, 1.54) is 0 Å². The van der Waals surface area contributed by atoms with Gasteiger partial charge in [0.25, 0.3) is 0 Å². The number of rotatable bonds is 3. The topological polar surface area (TPSA) is 59.3 Å². The zero-order valence-corrected chi connectivity index (χ0v) is 11.9. The molecule has 0 atom stereocenters. The van der Waals surface area contributed by atoms with Crippen molar-refractivity contribution in [3.8, 4) is 6.07 Å². The Kier molecular flexibility index (Phi) is 4.57. The highest BCUT2D eigenvalue weighted by molar-refractivity contribution is 5.95. The molecule has 1 aliphatic heterocycles. The first-order valence-corrected chi connectivity index (χ1v) is 6.60. The van der Waals surface area contributed by atoms with E-state index in [1.54, 1.807) is 26.0 Å². The highest BCUT2D eigenvalue weighted by atomic mass is 16.5. The maximum Gasteiger partial charge on any atom is 0.349 e. The van der Waals surface area contributed by atoms with E-state index in [4.69, 9.17) is 9.47 Å². The lowest BCUT2D eigenvalue weighted by atomic mass is 10.0. The number of carbonyl (C=O) groups is 1. The number of hydrogen-bond donors (Lipinski definition) is 0. The quantitative estimate of drug-likeness (QED) is 0.484. The molecule has 0 saturated heterocycles. The number of benzene rings is 1. The molecule has 0 bridgehead atoms. The molecule has 0 amide bonds. The van der Waals surface area contributed by atoms with Crippen molar-refractivity contribution in [2.45, 2.75) is 13.8 Å². The molecule has 0 N–H and O–H groups in total. The molecule has 2 rings (SSSR count). The van der Waals surface area contributed by atoms with Crippen molar-refractivity contribution in [3.05, 3.63) is 65.0 Å². The fourth-order valence-corrected chi connectivity index (χ4v) is 1.95. The van der Waals surface area contributed by atoms with Crippen molar-refractivity contribution in [2.75, 3.05) is 6.61 Å². The Morgan fingerprint density at radius 3 is 2.62 bits per heavy atom. The first-order valence-electron chi connectivity index (χ1n) is 6.60. The van der Waals surface area contributed by atoms with Gasteiger partial charge in [0, 0.05) is 11.1 Å². The highest BCUT2D eigenvalue weighted by Crippen LogP contribution is 2.28. The van der Waals surface area contributed by atoms with Gasteiger partial charge in [-0.3, -0.25) is 0 Å². The molecule has 1 heterocycles. The highest BCUT2D eigenvalue weighted by Gasteiger charge is 2.18. The molecule has 0 aliphatic carbocycles. The number of ether oxygens (including phenoxy) is 2. The average molecular weight is 281 g/mol. The number of carbonyl (C=O) groups excluding carboxylic acids is 1. The van der Waals surface area contributed by atoms with Crippen molar-refractivity contribution in [2.24, 2.45) is 0 Å². The summed E-state index contributed by atoms with van der Waals surface area (Å²) in [5.74, 6) is 0.593. The minimum absolute atomic E-state index is 0.0204. The molecule has 0 spiro atoms. The van der Waals surface area contributed by atoms with Crippen molar-refractivity contribution in [1.82, 2.24) is 0 Å². The molecular weight excluding hydrogens is 266 g/mol. The van der Waals surface area contributed by atoms with Gasteiger partial charge in [-0.25, -0.2) is 4.79 Å². The van der Waals surface area contributed by atoms with Gasteiger partial charge in [0.05, 0.1) is 6.61 Å². The van der Waals surface area contributed by atoms with E-state index in [2.05, 4.69) is 0 Å². The summed E-state index contributed by atoms with van der Waals surface area (Å²) in [6.07, 6.45) is 3.33. The molecule has 0 aromatic heterocycles. The summed E-state index contributed by atoms with van der Waals surface area (Å²) in [5, 5.41) is 9.21. The summed E-state index contributed by atoms with van der Waals surface area (Å²) in [4.78, 5) is 11.8. The summed E-state index contributed by atoms with van der Waals surface area (Å²) >= 11 is 0. The van der Waals surface area contributed by atoms with E-state index in [9.17, 15) is 10.1 Å². The van der Waals surface area contributed by atoms with Crippen LogP contribution in [0.4, 0.5) is 0 Å². The molecule has 0 fully saturated rings. The zero-order valence-electron chi connectivity index (χ0n) is 11.9. The Morgan fingerprint density at radius 1 is 1.29 bits per heavy atom. The number of nitriles is 1. The van der Waals surface area contributed by atoms with Gasteiger partial charge in [-0.1, -0.05) is 30.3 Å². The summed E-state index contributed by atoms with van der Waals surface area (Å²) in [5.41, 5.74) is 1.36. The largest absolute Gasteiger partial charge is 0.462 e. The van der Waals surface area contributed by atoms with Crippen LogP contribution in [0.5, 0.6) is 0 Å². The minimum atomic E-state index is -0.621. The standard InChI is InChI=1S/C17H15NO3/c1-3-20-17(19)15(11-18)14-9-12(2)21-16(10-14)13-7-5-4-6-8-13/h4-10H,3H2,1-2H3. The summed E-state index contributed by atoms with van der Waals surface area (Å²) in [6, 6.07) is 11.4. The van der Waals surface area contributed by atoms with E-state index < -0.39 is 5.97 Å². The van der Waals surface area contributed by atoms with Crippen molar-refractivity contribution in [3.63, 3.8) is 0 Å². The fraction of sp³-hybridized carbons (Fsp3) is 0.176. The monoisotopic (exact) mass is 281 g/mol. The SMILES string of the molecule is CCOC(=O)C(C#N)=C1C=C(C)OC(c2ccccc2)=C1. The van der Waals surface area contributed by atoms with Crippen LogP contribution in [0.1, 0.15) is 19.4 Å². The maximum atomic E-state index is 11.8. The lowest BCUT2D eigenvalue weighted by Gasteiger charge is -2.16. The molecule has 4 nitrogen and oxygen atoms in total. The molecule has 21 heavy (non-hydrogen) atoms. The molecule has 106 valence electrons. The smallest absolute Gasteiger partial charge is 0.349 e. The molecule has 1 aromatic rings. The van der Waals surface area contributed by atoms with E-state index in [1.807, 2.05) is 36.4 Å². The van der Waals surface area contributed by atoms with Crippen LogP contribution >= 0.6 is 0 Å². The van der Waals surface area contributed by atoms with Crippen LogP contribution < -0.4 is 0 Å². The van der Waals surface area contributed by atoms with E-state index in [0.717, 1.165) is 5.56 Å². The summed E-state index contributed by atoms with van der Waals surface area (Å²) in [6.45, 7) is 3.70. The molecule has 0 unspecified atom stereocenters. The Hall–Kier alpha value is -2.80.